The minimum atomic E-state index is -0.202. The van der Waals surface area contributed by atoms with Crippen LogP contribution in [0.3, 0.4) is 0 Å². The summed E-state index contributed by atoms with van der Waals surface area (Å²) in [7, 11) is 0. The van der Waals surface area contributed by atoms with Gasteiger partial charge in [-0.05, 0) is 37.5 Å². The van der Waals surface area contributed by atoms with Crippen molar-refractivity contribution in [3.63, 3.8) is 0 Å². The van der Waals surface area contributed by atoms with Crippen molar-refractivity contribution in [1.82, 2.24) is 20.2 Å². The van der Waals surface area contributed by atoms with Gasteiger partial charge in [-0.25, -0.2) is 15.5 Å². The lowest BCUT2D eigenvalue weighted by molar-refractivity contribution is 0.232. The molecule has 0 aromatic carbocycles. The van der Waals surface area contributed by atoms with E-state index in [1.165, 1.54) is 10.7 Å². The van der Waals surface area contributed by atoms with E-state index in [0.29, 0.717) is 5.69 Å². The zero-order chi connectivity index (χ0) is 16.9. The lowest BCUT2D eigenvalue weighted by Crippen LogP contribution is -2.30. The molecule has 1 saturated carbocycles. The molecule has 0 unspecified atom stereocenters. The summed E-state index contributed by atoms with van der Waals surface area (Å²) in [5.41, 5.74) is 7.71. The first-order valence-corrected chi connectivity index (χ1v) is 7.66. The van der Waals surface area contributed by atoms with Crippen LogP contribution in [0.5, 0.6) is 0 Å². The van der Waals surface area contributed by atoms with E-state index in [1.54, 1.807) is 24.5 Å². The van der Waals surface area contributed by atoms with Gasteiger partial charge in [-0.1, -0.05) is 0 Å². The van der Waals surface area contributed by atoms with Crippen LogP contribution in [0.2, 0.25) is 0 Å². The number of nitrogens with one attached hydrogen (secondary N) is 2. The predicted molar refractivity (Wildman–Crippen MR) is 89.2 cm³/mol. The topological polar surface area (TPSA) is 130 Å². The van der Waals surface area contributed by atoms with Crippen molar-refractivity contribution in [3.8, 4) is 5.69 Å². The Kier molecular flexibility index (Phi) is 4.71. The minimum Gasteiger partial charge on any atom is -0.368 e. The van der Waals surface area contributed by atoms with Gasteiger partial charge in [0.15, 0.2) is 0 Å². The molecule has 1 aliphatic carbocycles. The normalized spacial score (nSPS) is 20.8. The molecular weight excluding hydrogens is 310 g/mol. The Morgan fingerprint density at radius 2 is 2.25 bits per heavy atom. The molecule has 0 bridgehead atoms. The van der Waals surface area contributed by atoms with E-state index < -0.39 is 0 Å². The van der Waals surface area contributed by atoms with Crippen LogP contribution < -0.4 is 22.1 Å². The molecule has 5 N–H and O–H groups in total. The summed E-state index contributed by atoms with van der Waals surface area (Å²) in [4.78, 5) is 20.3. The monoisotopic (exact) mass is 329 g/mol. The molecule has 0 spiro atoms. The summed E-state index contributed by atoms with van der Waals surface area (Å²) in [5.74, 6) is 0.759. The predicted octanol–water partition coefficient (Wildman–Crippen LogP) is 0.254. The Bertz CT molecular complexity index is 772. The first kappa shape index (κ1) is 15.9. The Labute approximate surface area is 138 Å². The Morgan fingerprint density at radius 1 is 1.38 bits per heavy atom. The molecule has 1 aliphatic rings. The fraction of sp³-hybridized carbons (Fsp3) is 0.333. The molecule has 0 saturated heterocycles. The number of rotatable bonds is 4. The third-order valence-electron chi connectivity index (χ3n) is 3.90. The number of hydrogen-bond acceptors (Lipinski definition) is 6. The summed E-state index contributed by atoms with van der Waals surface area (Å²) < 4.78 is 1.29. The average molecular weight is 329 g/mol. The van der Waals surface area contributed by atoms with Crippen molar-refractivity contribution in [1.29, 1.82) is 0 Å². The van der Waals surface area contributed by atoms with E-state index in [4.69, 9.17) is 10.9 Å². The van der Waals surface area contributed by atoms with Crippen molar-refractivity contribution in [2.75, 3.05) is 5.32 Å². The van der Waals surface area contributed by atoms with Crippen molar-refractivity contribution >= 4 is 11.8 Å². The molecule has 24 heavy (non-hydrogen) atoms. The van der Waals surface area contributed by atoms with E-state index in [1.807, 2.05) is 11.5 Å². The van der Waals surface area contributed by atoms with E-state index in [0.717, 1.165) is 25.1 Å². The summed E-state index contributed by atoms with van der Waals surface area (Å²) in [6.07, 6.45) is 5.80. The van der Waals surface area contributed by atoms with Gasteiger partial charge in [0.05, 0.1) is 17.9 Å². The van der Waals surface area contributed by atoms with E-state index in [-0.39, 0.29) is 23.6 Å². The van der Waals surface area contributed by atoms with E-state index in [9.17, 15) is 4.79 Å². The second-order valence-corrected chi connectivity index (χ2v) is 5.61. The number of guanidine groups is 1. The van der Waals surface area contributed by atoms with Crippen molar-refractivity contribution < 1.29 is 5.21 Å². The Morgan fingerprint density at radius 3 is 2.96 bits per heavy atom. The van der Waals surface area contributed by atoms with Crippen molar-refractivity contribution in [2.45, 2.75) is 31.3 Å². The van der Waals surface area contributed by atoms with Crippen LogP contribution in [-0.4, -0.2) is 38.0 Å². The minimum absolute atomic E-state index is 0.0314. The second-order valence-electron chi connectivity index (χ2n) is 5.61. The first-order valence-electron chi connectivity index (χ1n) is 7.66. The van der Waals surface area contributed by atoms with Crippen LogP contribution in [0.25, 0.3) is 5.69 Å². The van der Waals surface area contributed by atoms with Crippen molar-refractivity contribution in [2.24, 2.45) is 10.7 Å². The third kappa shape index (κ3) is 3.69. The third-order valence-corrected chi connectivity index (χ3v) is 3.90. The molecule has 9 nitrogen and oxygen atoms in total. The maximum atomic E-state index is 11.7. The summed E-state index contributed by atoms with van der Waals surface area (Å²) in [6.45, 7) is 0. The van der Waals surface area contributed by atoms with Crippen LogP contribution in [0.15, 0.2) is 46.4 Å². The Balaban J connectivity index is 1.63. The largest absolute Gasteiger partial charge is 0.368 e. The zero-order valence-electron chi connectivity index (χ0n) is 13.0. The molecule has 3 rings (SSSR count). The molecule has 126 valence electrons. The van der Waals surface area contributed by atoms with Gasteiger partial charge >= 0.3 is 0 Å². The number of hydrogen-bond donors (Lipinski definition) is 4. The van der Waals surface area contributed by atoms with Gasteiger partial charge in [0.1, 0.15) is 5.82 Å². The molecule has 1 fully saturated rings. The molecule has 2 atom stereocenters. The molecule has 0 radical (unpaired) electrons. The number of hydroxylamine groups is 1. The summed E-state index contributed by atoms with van der Waals surface area (Å²) in [6, 6.07) is 6.97. The van der Waals surface area contributed by atoms with Gasteiger partial charge in [0, 0.05) is 18.3 Å². The lowest BCUT2D eigenvalue weighted by atomic mass is 10.2. The van der Waals surface area contributed by atoms with Gasteiger partial charge in [0.2, 0.25) is 5.96 Å². The molecule has 2 aromatic heterocycles. The molecular formula is C15H19N7O2. The second kappa shape index (κ2) is 7.09. The van der Waals surface area contributed by atoms with Crippen molar-refractivity contribution in [3.05, 3.63) is 47.0 Å². The maximum Gasteiger partial charge on any atom is 0.271 e. The number of aromatic nitrogens is 3. The van der Waals surface area contributed by atoms with Crippen LogP contribution in [0.4, 0.5) is 5.82 Å². The molecule has 0 amide bonds. The van der Waals surface area contributed by atoms with Crippen LogP contribution in [0.1, 0.15) is 19.3 Å². The SMILES string of the molecule is NC(=N[C@H]1CC[C@H](Nc2ccc(-n3ncccc3=O)cn2)C1)NO. The highest BCUT2D eigenvalue weighted by Crippen LogP contribution is 2.24. The van der Waals surface area contributed by atoms with Gasteiger partial charge in [-0.2, -0.15) is 9.78 Å². The highest BCUT2D eigenvalue weighted by molar-refractivity contribution is 5.76. The number of aliphatic imine (C=N–C) groups is 1. The molecule has 2 heterocycles. The van der Waals surface area contributed by atoms with Crippen LogP contribution in [-0.2, 0) is 0 Å². The van der Waals surface area contributed by atoms with E-state index in [2.05, 4.69) is 20.4 Å². The van der Waals surface area contributed by atoms with Gasteiger partial charge in [-0.15, -0.1) is 0 Å². The maximum absolute atomic E-state index is 11.7. The smallest absolute Gasteiger partial charge is 0.271 e. The Hall–Kier alpha value is -2.94. The molecule has 0 aliphatic heterocycles. The van der Waals surface area contributed by atoms with Gasteiger partial charge in [0.25, 0.3) is 5.56 Å². The first-order chi connectivity index (χ1) is 11.7. The number of pyridine rings is 1. The standard InChI is InChI=1S/C15H19N7O2/c16-15(21-24)20-11-4-3-10(8-11)19-13-6-5-12(9-17-13)22-14(23)2-1-7-18-22/h1-2,5-7,9-11,24H,3-4,8H2,(H,17,19)(H3,16,20,21)/t10-,11-/m0/s1. The highest BCUT2D eigenvalue weighted by Gasteiger charge is 2.24. The quantitative estimate of drug-likeness (QED) is 0.359. The number of nitrogens with two attached hydrogens (primary N) is 1. The summed E-state index contributed by atoms with van der Waals surface area (Å²) in [5, 5.41) is 16.0. The molecule has 2 aromatic rings. The fourth-order valence-corrected chi connectivity index (χ4v) is 2.79. The fourth-order valence-electron chi connectivity index (χ4n) is 2.79. The lowest BCUT2D eigenvalue weighted by Gasteiger charge is -2.13. The van der Waals surface area contributed by atoms with Gasteiger partial charge < -0.3 is 11.1 Å². The van der Waals surface area contributed by atoms with Gasteiger partial charge in [-0.3, -0.25) is 10.0 Å². The van der Waals surface area contributed by atoms with Crippen LogP contribution >= 0.6 is 0 Å². The number of nitrogens with zero attached hydrogens (tertiary/aromatic N) is 4. The van der Waals surface area contributed by atoms with E-state index >= 15 is 0 Å². The molecule has 9 heteroatoms. The number of anilines is 1. The highest BCUT2D eigenvalue weighted by atomic mass is 16.5. The summed E-state index contributed by atoms with van der Waals surface area (Å²) >= 11 is 0. The van der Waals surface area contributed by atoms with Crippen LogP contribution in [0, 0.1) is 0 Å². The average Bonchev–Trinajstić information content (AvgIpc) is 3.03. The zero-order valence-corrected chi connectivity index (χ0v) is 13.0.